The Morgan fingerprint density at radius 1 is 1.31 bits per heavy atom. The molecular formula is C13H15N3. The largest absolute Gasteiger partial charge is 0.384 e. The van der Waals surface area contributed by atoms with E-state index >= 15 is 0 Å². The van der Waals surface area contributed by atoms with Gasteiger partial charge in [0.25, 0.3) is 0 Å². The quantitative estimate of drug-likeness (QED) is 0.833. The Kier molecular flexibility index (Phi) is 1.99. The molecule has 2 N–H and O–H groups in total. The van der Waals surface area contributed by atoms with Crippen LogP contribution in [0.1, 0.15) is 25.0 Å². The van der Waals surface area contributed by atoms with E-state index in [0.29, 0.717) is 5.92 Å². The lowest BCUT2D eigenvalue weighted by Crippen LogP contribution is -2.01. The molecule has 0 unspecified atom stereocenters. The number of para-hydroxylation sites is 1. The van der Waals surface area contributed by atoms with Crippen molar-refractivity contribution in [2.45, 2.75) is 19.3 Å². The van der Waals surface area contributed by atoms with Crippen molar-refractivity contribution in [1.82, 2.24) is 9.78 Å². The molecule has 0 aliphatic heterocycles. The summed E-state index contributed by atoms with van der Waals surface area (Å²) < 4.78 is 1.82. The van der Waals surface area contributed by atoms with E-state index in [1.54, 1.807) is 0 Å². The normalized spacial score (nSPS) is 23.3. The summed E-state index contributed by atoms with van der Waals surface area (Å²) in [5.41, 5.74) is 8.15. The van der Waals surface area contributed by atoms with Crippen molar-refractivity contribution in [3.05, 3.63) is 42.1 Å². The predicted molar refractivity (Wildman–Crippen MR) is 64.5 cm³/mol. The van der Waals surface area contributed by atoms with E-state index < -0.39 is 0 Å². The fraction of sp³-hybridized carbons (Fsp3) is 0.308. The van der Waals surface area contributed by atoms with Crippen LogP contribution < -0.4 is 5.73 Å². The van der Waals surface area contributed by atoms with Crippen molar-refractivity contribution in [3.8, 4) is 5.69 Å². The molecule has 3 nitrogen and oxygen atoms in total. The molecule has 0 radical (unpaired) electrons. The molecule has 0 saturated heterocycles. The third kappa shape index (κ3) is 1.48. The second-order valence-electron chi connectivity index (χ2n) is 4.56. The molecule has 1 aliphatic rings. The SMILES string of the molecule is C[C@@H]1C[C@@H]1c1cc(N)n(-c2ccccc2)n1. The molecule has 82 valence electrons. The van der Waals surface area contributed by atoms with Gasteiger partial charge in [0.05, 0.1) is 11.4 Å². The minimum atomic E-state index is 0.618. The molecule has 2 aromatic rings. The van der Waals surface area contributed by atoms with E-state index in [9.17, 15) is 0 Å². The van der Waals surface area contributed by atoms with Gasteiger partial charge in [0.15, 0.2) is 0 Å². The molecule has 0 spiro atoms. The summed E-state index contributed by atoms with van der Waals surface area (Å²) in [4.78, 5) is 0. The van der Waals surface area contributed by atoms with Gasteiger partial charge in [-0.15, -0.1) is 0 Å². The van der Waals surface area contributed by atoms with Gasteiger partial charge >= 0.3 is 0 Å². The Hall–Kier alpha value is -1.77. The second kappa shape index (κ2) is 3.37. The molecule has 3 heteroatoms. The molecule has 16 heavy (non-hydrogen) atoms. The Morgan fingerprint density at radius 2 is 2.00 bits per heavy atom. The number of rotatable bonds is 2. The van der Waals surface area contributed by atoms with E-state index in [0.717, 1.165) is 23.1 Å². The molecule has 1 aromatic carbocycles. The third-order valence-corrected chi connectivity index (χ3v) is 3.25. The fourth-order valence-corrected chi connectivity index (χ4v) is 2.11. The predicted octanol–water partition coefficient (Wildman–Crippen LogP) is 2.58. The van der Waals surface area contributed by atoms with E-state index in [4.69, 9.17) is 5.73 Å². The van der Waals surface area contributed by atoms with Crippen LogP contribution in [-0.4, -0.2) is 9.78 Å². The van der Waals surface area contributed by atoms with Crippen LogP contribution in [0.3, 0.4) is 0 Å². The Bertz CT molecular complexity index is 501. The van der Waals surface area contributed by atoms with Gasteiger partial charge in [-0.1, -0.05) is 25.1 Å². The zero-order chi connectivity index (χ0) is 11.1. The molecule has 0 amide bonds. The number of anilines is 1. The molecular weight excluding hydrogens is 198 g/mol. The number of nitrogens with zero attached hydrogens (tertiary/aromatic N) is 2. The van der Waals surface area contributed by atoms with Gasteiger partial charge in [0.2, 0.25) is 0 Å². The van der Waals surface area contributed by atoms with Crippen LogP contribution in [0.5, 0.6) is 0 Å². The summed E-state index contributed by atoms with van der Waals surface area (Å²) in [5.74, 6) is 2.10. The zero-order valence-corrected chi connectivity index (χ0v) is 9.30. The first-order chi connectivity index (χ1) is 7.75. The van der Waals surface area contributed by atoms with Crippen LogP contribution in [0.4, 0.5) is 5.82 Å². The number of aromatic nitrogens is 2. The lowest BCUT2D eigenvalue weighted by atomic mass is 10.2. The fourth-order valence-electron chi connectivity index (χ4n) is 2.11. The molecule has 1 aromatic heterocycles. The molecule has 0 bridgehead atoms. The van der Waals surface area contributed by atoms with Crippen LogP contribution in [0.25, 0.3) is 5.69 Å². The number of hydrogen-bond acceptors (Lipinski definition) is 2. The van der Waals surface area contributed by atoms with E-state index in [1.165, 1.54) is 6.42 Å². The molecule has 1 saturated carbocycles. The number of nitrogen functional groups attached to an aromatic ring is 1. The lowest BCUT2D eigenvalue weighted by molar-refractivity contribution is 0.816. The lowest BCUT2D eigenvalue weighted by Gasteiger charge is -2.02. The summed E-state index contributed by atoms with van der Waals surface area (Å²) in [6.07, 6.45) is 1.24. The molecule has 2 atom stereocenters. The zero-order valence-electron chi connectivity index (χ0n) is 9.30. The van der Waals surface area contributed by atoms with Crippen molar-refractivity contribution in [1.29, 1.82) is 0 Å². The van der Waals surface area contributed by atoms with E-state index in [2.05, 4.69) is 12.0 Å². The summed E-state index contributed by atoms with van der Waals surface area (Å²) >= 11 is 0. The highest BCUT2D eigenvalue weighted by atomic mass is 15.3. The van der Waals surface area contributed by atoms with Crippen molar-refractivity contribution < 1.29 is 0 Å². The monoisotopic (exact) mass is 213 g/mol. The number of hydrogen-bond donors (Lipinski definition) is 1. The summed E-state index contributed by atoms with van der Waals surface area (Å²) in [6, 6.07) is 12.0. The third-order valence-electron chi connectivity index (χ3n) is 3.25. The first-order valence-corrected chi connectivity index (χ1v) is 5.66. The van der Waals surface area contributed by atoms with Crippen molar-refractivity contribution in [3.63, 3.8) is 0 Å². The minimum Gasteiger partial charge on any atom is -0.384 e. The Morgan fingerprint density at radius 3 is 2.62 bits per heavy atom. The van der Waals surface area contributed by atoms with Gasteiger partial charge < -0.3 is 5.73 Å². The number of nitrogens with two attached hydrogens (primary N) is 1. The van der Waals surface area contributed by atoms with E-state index in [-0.39, 0.29) is 0 Å². The Labute approximate surface area is 94.9 Å². The van der Waals surface area contributed by atoms with Crippen molar-refractivity contribution in [2.75, 3.05) is 5.73 Å². The average Bonchev–Trinajstić information content (AvgIpc) is 2.89. The topological polar surface area (TPSA) is 43.8 Å². The maximum Gasteiger partial charge on any atom is 0.127 e. The molecule has 1 heterocycles. The van der Waals surface area contributed by atoms with Crippen molar-refractivity contribution >= 4 is 5.82 Å². The highest BCUT2D eigenvalue weighted by Crippen LogP contribution is 2.46. The van der Waals surface area contributed by atoms with Gasteiger partial charge in [-0.3, -0.25) is 0 Å². The minimum absolute atomic E-state index is 0.618. The average molecular weight is 213 g/mol. The number of benzene rings is 1. The maximum absolute atomic E-state index is 5.98. The molecule has 1 fully saturated rings. The van der Waals surface area contributed by atoms with Crippen molar-refractivity contribution in [2.24, 2.45) is 5.92 Å². The highest BCUT2D eigenvalue weighted by Gasteiger charge is 2.36. The van der Waals surface area contributed by atoms with Crippen LogP contribution >= 0.6 is 0 Å². The molecule has 3 rings (SSSR count). The summed E-state index contributed by atoms with van der Waals surface area (Å²) in [7, 11) is 0. The van der Waals surface area contributed by atoms with Gasteiger partial charge in [-0.2, -0.15) is 5.10 Å². The first kappa shape index (κ1) is 9.46. The van der Waals surface area contributed by atoms with Crippen LogP contribution in [0.15, 0.2) is 36.4 Å². The van der Waals surface area contributed by atoms with Gasteiger partial charge in [-0.05, 0) is 24.5 Å². The smallest absolute Gasteiger partial charge is 0.127 e. The maximum atomic E-state index is 5.98. The highest BCUT2D eigenvalue weighted by molar-refractivity contribution is 5.44. The van der Waals surface area contributed by atoms with Gasteiger partial charge in [0, 0.05) is 12.0 Å². The van der Waals surface area contributed by atoms with Gasteiger partial charge in [0.1, 0.15) is 5.82 Å². The van der Waals surface area contributed by atoms with Crippen LogP contribution in [0, 0.1) is 5.92 Å². The Balaban J connectivity index is 1.99. The van der Waals surface area contributed by atoms with Crippen LogP contribution in [0.2, 0.25) is 0 Å². The second-order valence-corrected chi connectivity index (χ2v) is 4.56. The van der Waals surface area contributed by atoms with Gasteiger partial charge in [-0.25, -0.2) is 4.68 Å². The van der Waals surface area contributed by atoms with E-state index in [1.807, 2.05) is 41.1 Å². The molecule has 1 aliphatic carbocycles. The van der Waals surface area contributed by atoms with Crippen LogP contribution in [-0.2, 0) is 0 Å². The summed E-state index contributed by atoms with van der Waals surface area (Å²) in [5, 5.41) is 4.58. The standard InChI is InChI=1S/C13H15N3/c1-9-7-11(9)12-8-13(14)16(15-12)10-5-3-2-4-6-10/h2-6,8-9,11H,7,14H2,1H3/t9-,11+/m1/s1. The summed E-state index contributed by atoms with van der Waals surface area (Å²) in [6.45, 7) is 2.25. The first-order valence-electron chi connectivity index (χ1n) is 5.66.